The van der Waals surface area contributed by atoms with Gasteiger partial charge in [0.2, 0.25) is 0 Å². The third-order valence-electron chi connectivity index (χ3n) is 2.78. The van der Waals surface area contributed by atoms with Crippen LogP contribution in [0.4, 0.5) is 0 Å². The third kappa shape index (κ3) is 2.22. The van der Waals surface area contributed by atoms with Crippen molar-refractivity contribution in [2.24, 2.45) is 11.7 Å². The quantitative estimate of drug-likeness (QED) is 0.675. The van der Waals surface area contributed by atoms with Crippen molar-refractivity contribution in [2.45, 2.75) is 51.4 Å². The molecule has 0 aromatic rings. The SMILES string of the molecule is CC(C)C(N)C1(O)COC(C)(C)C1. The Labute approximate surface area is 80.3 Å². The lowest BCUT2D eigenvalue weighted by molar-refractivity contribution is -0.0163. The van der Waals surface area contributed by atoms with Crippen LogP contribution in [0.3, 0.4) is 0 Å². The average Bonchev–Trinajstić information content (AvgIpc) is 2.25. The van der Waals surface area contributed by atoms with Crippen molar-refractivity contribution in [3.8, 4) is 0 Å². The Hall–Kier alpha value is -0.120. The van der Waals surface area contributed by atoms with Gasteiger partial charge in [-0.25, -0.2) is 0 Å². The van der Waals surface area contributed by atoms with E-state index in [2.05, 4.69) is 0 Å². The van der Waals surface area contributed by atoms with E-state index in [1.165, 1.54) is 0 Å². The van der Waals surface area contributed by atoms with Crippen LogP contribution in [0.2, 0.25) is 0 Å². The highest BCUT2D eigenvalue weighted by Gasteiger charge is 2.47. The van der Waals surface area contributed by atoms with Gasteiger partial charge in [-0.3, -0.25) is 0 Å². The molecular formula is C10H21NO2. The maximum Gasteiger partial charge on any atom is 0.106 e. The second-order valence-corrected chi connectivity index (χ2v) is 5.10. The normalized spacial score (nSPS) is 35.3. The van der Waals surface area contributed by atoms with Crippen LogP contribution in [0.5, 0.6) is 0 Å². The van der Waals surface area contributed by atoms with Gasteiger partial charge in [-0.05, 0) is 19.8 Å². The maximum atomic E-state index is 10.2. The Kier molecular flexibility index (Phi) is 2.72. The number of ether oxygens (including phenoxy) is 1. The smallest absolute Gasteiger partial charge is 0.106 e. The van der Waals surface area contributed by atoms with Crippen molar-refractivity contribution in [2.75, 3.05) is 6.61 Å². The maximum absolute atomic E-state index is 10.2. The van der Waals surface area contributed by atoms with E-state index in [0.29, 0.717) is 13.0 Å². The second kappa shape index (κ2) is 3.23. The van der Waals surface area contributed by atoms with Crippen LogP contribution in [0, 0.1) is 5.92 Å². The van der Waals surface area contributed by atoms with Gasteiger partial charge in [0, 0.05) is 12.5 Å². The Morgan fingerprint density at radius 3 is 2.23 bits per heavy atom. The summed E-state index contributed by atoms with van der Waals surface area (Å²) in [6.07, 6.45) is 0.624. The molecule has 1 aliphatic rings. The van der Waals surface area contributed by atoms with E-state index < -0.39 is 5.60 Å². The minimum absolute atomic E-state index is 0.200. The molecule has 0 bridgehead atoms. The number of hydrogen-bond donors (Lipinski definition) is 2. The van der Waals surface area contributed by atoms with Gasteiger partial charge < -0.3 is 15.6 Å². The molecule has 1 fully saturated rings. The number of nitrogens with two attached hydrogens (primary N) is 1. The molecule has 1 rings (SSSR count). The van der Waals surface area contributed by atoms with Gasteiger partial charge in [0.25, 0.3) is 0 Å². The Bertz CT molecular complexity index is 191. The largest absolute Gasteiger partial charge is 0.386 e. The molecule has 13 heavy (non-hydrogen) atoms. The summed E-state index contributed by atoms with van der Waals surface area (Å²) < 4.78 is 5.50. The van der Waals surface area contributed by atoms with Crippen LogP contribution in [0.25, 0.3) is 0 Å². The van der Waals surface area contributed by atoms with E-state index in [-0.39, 0.29) is 17.6 Å². The summed E-state index contributed by atoms with van der Waals surface area (Å²) in [4.78, 5) is 0. The molecule has 1 saturated heterocycles. The lowest BCUT2D eigenvalue weighted by Crippen LogP contribution is -2.52. The molecule has 1 heterocycles. The molecule has 0 radical (unpaired) electrons. The summed E-state index contributed by atoms with van der Waals surface area (Å²) in [6.45, 7) is 8.37. The highest BCUT2D eigenvalue weighted by Crippen LogP contribution is 2.35. The zero-order chi connectivity index (χ0) is 10.3. The van der Waals surface area contributed by atoms with Gasteiger partial charge in [-0.2, -0.15) is 0 Å². The zero-order valence-electron chi connectivity index (χ0n) is 9.00. The Morgan fingerprint density at radius 2 is 1.92 bits per heavy atom. The summed E-state index contributed by atoms with van der Waals surface area (Å²) in [6, 6.07) is -0.200. The molecule has 3 heteroatoms. The topological polar surface area (TPSA) is 55.5 Å². The molecular weight excluding hydrogens is 166 g/mol. The predicted octanol–water partition coefficient (Wildman–Crippen LogP) is 0.900. The first-order valence-electron chi connectivity index (χ1n) is 4.89. The predicted molar refractivity (Wildman–Crippen MR) is 52.4 cm³/mol. The van der Waals surface area contributed by atoms with Gasteiger partial charge in [-0.1, -0.05) is 13.8 Å². The van der Waals surface area contributed by atoms with Crippen LogP contribution < -0.4 is 5.73 Å². The van der Waals surface area contributed by atoms with E-state index in [9.17, 15) is 5.11 Å². The van der Waals surface area contributed by atoms with Crippen molar-refractivity contribution >= 4 is 0 Å². The minimum atomic E-state index is -0.836. The molecule has 1 aliphatic heterocycles. The van der Waals surface area contributed by atoms with Crippen LogP contribution in [-0.2, 0) is 4.74 Å². The highest BCUT2D eigenvalue weighted by atomic mass is 16.5. The van der Waals surface area contributed by atoms with Crippen LogP contribution in [0.15, 0.2) is 0 Å². The van der Waals surface area contributed by atoms with Crippen molar-refractivity contribution < 1.29 is 9.84 Å². The fourth-order valence-electron chi connectivity index (χ4n) is 1.99. The van der Waals surface area contributed by atoms with E-state index in [1.54, 1.807) is 0 Å². The van der Waals surface area contributed by atoms with E-state index >= 15 is 0 Å². The first-order valence-corrected chi connectivity index (χ1v) is 4.89. The van der Waals surface area contributed by atoms with Gasteiger partial charge in [0.05, 0.1) is 12.2 Å². The molecule has 0 spiro atoms. The first kappa shape index (κ1) is 11.0. The molecule has 78 valence electrons. The summed E-state index contributed by atoms with van der Waals surface area (Å²) in [5, 5.41) is 10.2. The third-order valence-corrected chi connectivity index (χ3v) is 2.78. The van der Waals surface area contributed by atoms with Crippen molar-refractivity contribution in [3.63, 3.8) is 0 Å². The molecule has 2 atom stereocenters. The molecule has 0 amide bonds. The van der Waals surface area contributed by atoms with Crippen LogP contribution in [-0.4, -0.2) is 29.0 Å². The number of hydrogen-bond acceptors (Lipinski definition) is 3. The number of rotatable bonds is 2. The fourth-order valence-corrected chi connectivity index (χ4v) is 1.99. The highest BCUT2D eigenvalue weighted by molar-refractivity contribution is 5.00. The standard InChI is InChI=1S/C10H21NO2/c1-7(2)8(11)10(12)5-9(3,4)13-6-10/h7-8,12H,5-6,11H2,1-4H3. The van der Waals surface area contributed by atoms with Crippen molar-refractivity contribution in [3.05, 3.63) is 0 Å². The van der Waals surface area contributed by atoms with E-state index in [1.807, 2.05) is 27.7 Å². The molecule has 0 aliphatic carbocycles. The zero-order valence-corrected chi connectivity index (χ0v) is 9.00. The van der Waals surface area contributed by atoms with Crippen LogP contribution in [0.1, 0.15) is 34.1 Å². The Morgan fingerprint density at radius 1 is 1.38 bits per heavy atom. The first-order chi connectivity index (χ1) is 5.77. The fraction of sp³-hybridized carbons (Fsp3) is 1.00. The van der Waals surface area contributed by atoms with Gasteiger partial charge in [-0.15, -0.1) is 0 Å². The van der Waals surface area contributed by atoms with Gasteiger partial charge in [0.15, 0.2) is 0 Å². The minimum Gasteiger partial charge on any atom is -0.386 e. The van der Waals surface area contributed by atoms with Crippen LogP contribution >= 0.6 is 0 Å². The summed E-state index contributed by atoms with van der Waals surface area (Å²) in [5.74, 6) is 0.280. The lowest BCUT2D eigenvalue weighted by atomic mass is 9.82. The molecule has 0 aromatic carbocycles. The van der Waals surface area contributed by atoms with Gasteiger partial charge >= 0.3 is 0 Å². The number of aliphatic hydroxyl groups is 1. The monoisotopic (exact) mass is 187 g/mol. The van der Waals surface area contributed by atoms with Gasteiger partial charge in [0.1, 0.15) is 5.60 Å². The summed E-state index contributed by atoms with van der Waals surface area (Å²) in [7, 11) is 0. The molecule has 0 saturated carbocycles. The molecule has 0 aromatic heterocycles. The molecule has 3 nitrogen and oxygen atoms in total. The molecule has 3 N–H and O–H groups in total. The summed E-state index contributed by atoms with van der Waals surface area (Å²) in [5.41, 5.74) is 4.88. The molecule has 2 unspecified atom stereocenters. The lowest BCUT2D eigenvalue weighted by Gasteiger charge is -2.31. The van der Waals surface area contributed by atoms with Crippen molar-refractivity contribution in [1.82, 2.24) is 0 Å². The second-order valence-electron chi connectivity index (χ2n) is 5.10. The van der Waals surface area contributed by atoms with E-state index in [4.69, 9.17) is 10.5 Å². The Balaban J connectivity index is 2.69. The average molecular weight is 187 g/mol. The van der Waals surface area contributed by atoms with Crippen molar-refractivity contribution in [1.29, 1.82) is 0 Å². The van der Waals surface area contributed by atoms with E-state index in [0.717, 1.165) is 0 Å². The summed E-state index contributed by atoms with van der Waals surface area (Å²) >= 11 is 0.